The average molecular weight is 279 g/mol. The molecule has 0 saturated carbocycles. The van der Waals surface area contributed by atoms with Crippen molar-refractivity contribution >= 4 is 0 Å². The summed E-state index contributed by atoms with van der Waals surface area (Å²) in [7, 11) is 1.55. The van der Waals surface area contributed by atoms with Gasteiger partial charge in [-0.25, -0.2) is 5.84 Å². The number of alkyl halides is 2. The van der Waals surface area contributed by atoms with Gasteiger partial charge in [-0.3, -0.25) is 0 Å². The van der Waals surface area contributed by atoms with Crippen LogP contribution in [0, 0.1) is 5.92 Å². The first-order valence-electron chi connectivity index (χ1n) is 7.20. The molecule has 19 heavy (non-hydrogen) atoms. The van der Waals surface area contributed by atoms with Crippen molar-refractivity contribution in [1.29, 1.82) is 0 Å². The largest absolute Gasteiger partial charge is 0.396 e. The molecule has 116 valence electrons. The third kappa shape index (κ3) is 6.76. The second-order valence-electron chi connectivity index (χ2n) is 4.36. The summed E-state index contributed by atoms with van der Waals surface area (Å²) < 4.78 is 27.1. The maximum absolute atomic E-state index is 13.6. The zero-order valence-corrected chi connectivity index (χ0v) is 13.3. The Kier molecular flexibility index (Phi) is 10.8. The molecule has 1 aliphatic carbocycles. The molecular weight excluding hydrogens is 248 g/mol. The topological polar surface area (TPSA) is 55.3 Å². The van der Waals surface area contributed by atoms with E-state index in [1.54, 1.807) is 7.05 Å². The van der Waals surface area contributed by atoms with Gasteiger partial charge in [-0.2, -0.15) is 8.78 Å². The van der Waals surface area contributed by atoms with Crippen molar-refractivity contribution in [3.8, 4) is 0 Å². The van der Waals surface area contributed by atoms with Crippen molar-refractivity contribution in [2.75, 3.05) is 7.05 Å². The van der Waals surface area contributed by atoms with Crippen molar-refractivity contribution in [3.05, 3.63) is 11.4 Å². The summed E-state index contributed by atoms with van der Waals surface area (Å²) in [6, 6.07) is 0. The quantitative estimate of drug-likeness (QED) is 0.566. The zero-order valence-electron chi connectivity index (χ0n) is 13.3. The molecule has 1 atom stereocenters. The molecule has 0 aromatic carbocycles. The molecule has 0 aliphatic heterocycles. The van der Waals surface area contributed by atoms with Crippen molar-refractivity contribution in [2.45, 2.75) is 66.2 Å². The van der Waals surface area contributed by atoms with Crippen LogP contribution in [0.25, 0.3) is 0 Å². The molecule has 1 unspecified atom stereocenters. The monoisotopic (exact) mass is 279 g/mol. The van der Waals surface area contributed by atoms with Gasteiger partial charge < -0.3 is 10.7 Å². The highest BCUT2D eigenvalue weighted by molar-refractivity contribution is 5.17. The standard InChI is InChI=1S/C10H19F2N3.2C2H6/c1-7-3-4-8(15(2)14)9(13)10(11,12)6-5-7;2*1-2/h7H,3-6,13-14H2,1-2H3;2*1-2H3/b9-8-;;. The van der Waals surface area contributed by atoms with Gasteiger partial charge in [0.25, 0.3) is 5.92 Å². The first-order valence-corrected chi connectivity index (χ1v) is 7.20. The van der Waals surface area contributed by atoms with Crippen molar-refractivity contribution in [1.82, 2.24) is 5.01 Å². The van der Waals surface area contributed by atoms with Gasteiger partial charge in [-0.05, 0) is 25.2 Å². The molecule has 0 aromatic rings. The smallest absolute Gasteiger partial charge is 0.288 e. The molecule has 4 N–H and O–H groups in total. The third-order valence-electron chi connectivity index (χ3n) is 2.96. The van der Waals surface area contributed by atoms with E-state index in [1.807, 2.05) is 34.6 Å². The SMILES string of the molecule is CC.CC.CC1CC/C(N(C)N)=C(/N)C(F)(F)CC1. The Balaban J connectivity index is 0. The summed E-state index contributed by atoms with van der Waals surface area (Å²) in [5.41, 5.74) is 5.49. The molecule has 0 heterocycles. The number of allylic oxidation sites excluding steroid dienone is 2. The first-order chi connectivity index (χ1) is 8.84. The summed E-state index contributed by atoms with van der Waals surface area (Å²) >= 11 is 0. The molecule has 1 aliphatic rings. The Morgan fingerprint density at radius 1 is 1.16 bits per heavy atom. The lowest BCUT2D eigenvalue weighted by Gasteiger charge is -2.28. The van der Waals surface area contributed by atoms with E-state index in [-0.39, 0.29) is 12.1 Å². The van der Waals surface area contributed by atoms with Gasteiger partial charge in [0, 0.05) is 13.5 Å². The first kappa shape index (κ1) is 20.5. The summed E-state index contributed by atoms with van der Waals surface area (Å²) in [4.78, 5) is 0. The van der Waals surface area contributed by atoms with Crippen molar-refractivity contribution in [3.63, 3.8) is 0 Å². The van der Waals surface area contributed by atoms with E-state index in [2.05, 4.69) is 0 Å². The molecule has 0 amide bonds. The lowest BCUT2D eigenvalue weighted by atomic mass is 9.91. The Morgan fingerprint density at radius 2 is 1.63 bits per heavy atom. The average Bonchev–Trinajstić information content (AvgIpc) is 2.40. The molecule has 0 bridgehead atoms. The Bertz CT molecular complexity index is 263. The van der Waals surface area contributed by atoms with Crippen molar-refractivity contribution in [2.24, 2.45) is 17.5 Å². The van der Waals surface area contributed by atoms with Gasteiger partial charge in [-0.1, -0.05) is 34.6 Å². The molecule has 0 aromatic heterocycles. The summed E-state index contributed by atoms with van der Waals surface area (Å²) in [6.07, 6.45) is 1.70. The van der Waals surface area contributed by atoms with Gasteiger partial charge in [0.05, 0.1) is 11.4 Å². The highest BCUT2D eigenvalue weighted by Crippen LogP contribution is 2.35. The van der Waals surface area contributed by atoms with Crippen LogP contribution >= 0.6 is 0 Å². The van der Waals surface area contributed by atoms with Crippen LogP contribution in [0.5, 0.6) is 0 Å². The van der Waals surface area contributed by atoms with Gasteiger partial charge >= 0.3 is 0 Å². The van der Waals surface area contributed by atoms with Crippen LogP contribution in [0.2, 0.25) is 0 Å². The zero-order chi connectivity index (χ0) is 15.6. The van der Waals surface area contributed by atoms with Gasteiger partial charge in [-0.15, -0.1) is 0 Å². The van der Waals surface area contributed by atoms with Gasteiger partial charge in [0.2, 0.25) is 0 Å². The number of halogens is 2. The number of hydrogen-bond donors (Lipinski definition) is 2. The molecule has 0 spiro atoms. The van der Waals surface area contributed by atoms with Crippen LogP contribution in [0.15, 0.2) is 11.4 Å². The third-order valence-corrected chi connectivity index (χ3v) is 2.96. The molecular formula is C14H31F2N3. The van der Waals surface area contributed by atoms with Crippen LogP contribution in [-0.4, -0.2) is 18.0 Å². The lowest BCUT2D eigenvalue weighted by molar-refractivity contribution is 0.0180. The molecule has 5 heteroatoms. The second-order valence-corrected chi connectivity index (χ2v) is 4.36. The fraction of sp³-hybridized carbons (Fsp3) is 0.857. The summed E-state index contributed by atoms with van der Waals surface area (Å²) in [5, 5.41) is 1.21. The minimum atomic E-state index is -2.92. The van der Waals surface area contributed by atoms with E-state index < -0.39 is 5.92 Å². The molecule has 0 radical (unpaired) electrons. The predicted octanol–water partition coefficient (Wildman–Crippen LogP) is 3.86. The van der Waals surface area contributed by atoms with Gasteiger partial charge in [0.1, 0.15) is 0 Å². The summed E-state index contributed by atoms with van der Waals surface area (Å²) in [6.45, 7) is 9.98. The Morgan fingerprint density at radius 3 is 2.05 bits per heavy atom. The maximum atomic E-state index is 13.6. The minimum Gasteiger partial charge on any atom is -0.396 e. The Hall–Kier alpha value is -0.840. The normalized spacial score (nSPS) is 25.8. The van der Waals surface area contributed by atoms with Crippen molar-refractivity contribution < 1.29 is 8.78 Å². The van der Waals surface area contributed by atoms with E-state index in [0.29, 0.717) is 24.5 Å². The highest BCUT2D eigenvalue weighted by Gasteiger charge is 2.36. The van der Waals surface area contributed by atoms with Crippen LogP contribution < -0.4 is 11.6 Å². The van der Waals surface area contributed by atoms with E-state index in [0.717, 1.165) is 6.42 Å². The number of hydrazine groups is 1. The van der Waals surface area contributed by atoms with Gasteiger partial charge in [0.15, 0.2) is 0 Å². The predicted molar refractivity (Wildman–Crippen MR) is 78.4 cm³/mol. The fourth-order valence-electron chi connectivity index (χ4n) is 1.80. The number of hydrogen-bond acceptors (Lipinski definition) is 3. The fourth-order valence-corrected chi connectivity index (χ4v) is 1.80. The number of nitrogens with two attached hydrogens (primary N) is 2. The van der Waals surface area contributed by atoms with E-state index >= 15 is 0 Å². The van der Waals surface area contributed by atoms with E-state index in [1.165, 1.54) is 5.01 Å². The second kappa shape index (κ2) is 10.0. The van der Waals surface area contributed by atoms with E-state index in [4.69, 9.17) is 11.6 Å². The van der Waals surface area contributed by atoms with Crippen LogP contribution in [0.1, 0.15) is 60.3 Å². The highest BCUT2D eigenvalue weighted by atomic mass is 19.3. The number of rotatable bonds is 1. The minimum absolute atomic E-state index is 0.183. The molecule has 3 nitrogen and oxygen atoms in total. The molecule has 1 rings (SSSR count). The molecule has 0 fully saturated rings. The van der Waals surface area contributed by atoms with Crippen LogP contribution in [0.4, 0.5) is 8.78 Å². The number of nitrogens with zero attached hydrogens (tertiary/aromatic N) is 1. The summed E-state index contributed by atoms with van der Waals surface area (Å²) in [5.74, 6) is 2.88. The maximum Gasteiger partial charge on any atom is 0.288 e. The lowest BCUT2D eigenvalue weighted by Crippen LogP contribution is -2.36. The van der Waals surface area contributed by atoms with Crippen LogP contribution in [-0.2, 0) is 0 Å². The van der Waals surface area contributed by atoms with E-state index in [9.17, 15) is 8.78 Å². The van der Waals surface area contributed by atoms with Crippen LogP contribution in [0.3, 0.4) is 0 Å². The Labute approximate surface area is 117 Å². The molecule has 0 saturated heterocycles.